The monoisotopic (exact) mass is 362 g/mol. The second-order valence-corrected chi connectivity index (χ2v) is 6.67. The average Bonchev–Trinajstić information content (AvgIpc) is 2.91. The Hall–Kier alpha value is -2.52. The van der Waals surface area contributed by atoms with Crippen LogP contribution in [0.3, 0.4) is 0 Å². The molecule has 1 N–H and O–H groups in total. The molecule has 0 aliphatic rings. The third-order valence-electron chi connectivity index (χ3n) is 4.22. The summed E-state index contributed by atoms with van der Waals surface area (Å²) in [5, 5.41) is 12.9. The highest BCUT2D eigenvalue weighted by Gasteiger charge is 2.30. The molecule has 0 aliphatic carbocycles. The van der Waals surface area contributed by atoms with Gasteiger partial charge in [-0.05, 0) is 25.8 Å². The number of nitrogens with one attached hydrogen (secondary N) is 1. The van der Waals surface area contributed by atoms with Gasteiger partial charge < -0.3 is 14.5 Å². The smallest absolute Gasteiger partial charge is 0.375 e. The summed E-state index contributed by atoms with van der Waals surface area (Å²) in [5.41, 5.74) is -0.0476. The van der Waals surface area contributed by atoms with Gasteiger partial charge in [0.25, 0.3) is 5.91 Å². The van der Waals surface area contributed by atoms with E-state index >= 15 is 0 Å². The predicted molar refractivity (Wildman–Crippen MR) is 93.2 cm³/mol. The number of ether oxygens (including phenoxy) is 1. The van der Waals surface area contributed by atoms with Crippen LogP contribution in [0.5, 0.6) is 0 Å². The van der Waals surface area contributed by atoms with Gasteiger partial charge in [0, 0.05) is 10.9 Å². The number of fused-ring (bicyclic) bond motifs is 1. The van der Waals surface area contributed by atoms with Crippen molar-refractivity contribution in [3.8, 4) is 6.07 Å². The number of nitrogens with zero attached hydrogens (tertiary/aromatic N) is 1. The average molecular weight is 363 g/mol. The van der Waals surface area contributed by atoms with Crippen molar-refractivity contribution in [3.05, 3.63) is 34.5 Å². The van der Waals surface area contributed by atoms with Gasteiger partial charge in [-0.25, -0.2) is 4.79 Å². The number of hydrogen-bond donors (Lipinski definition) is 1. The van der Waals surface area contributed by atoms with E-state index in [0.29, 0.717) is 21.6 Å². The molecule has 0 bridgehead atoms. The van der Waals surface area contributed by atoms with Crippen LogP contribution in [0, 0.1) is 24.2 Å². The lowest BCUT2D eigenvalue weighted by Gasteiger charge is -2.27. The van der Waals surface area contributed by atoms with Crippen LogP contribution < -0.4 is 5.32 Å². The molecule has 0 fully saturated rings. The summed E-state index contributed by atoms with van der Waals surface area (Å²) in [6, 6.07) is 7.25. The molecule has 0 radical (unpaired) electrons. The van der Waals surface area contributed by atoms with Gasteiger partial charge in [-0.3, -0.25) is 4.79 Å². The fourth-order valence-corrected chi connectivity index (χ4v) is 2.44. The molecule has 0 unspecified atom stereocenters. The lowest BCUT2D eigenvalue weighted by atomic mass is 9.90. The number of benzene rings is 1. The van der Waals surface area contributed by atoms with Crippen LogP contribution in [0.1, 0.15) is 36.9 Å². The molecule has 0 saturated carbocycles. The second kappa shape index (κ2) is 7.16. The summed E-state index contributed by atoms with van der Waals surface area (Å²) in [6.07, 6.45) is 0. The first kappa shape index (κ1) is 18.8. The standard InChI is InChI=1S/C18H19ClN2O4/c1-10(2)18(4,9-20)21-14(22)8-24-17(23)15-11(3)12-6-5-7-13(19)16(12)25-15/h5-7,10H,8H2,1-4H3,(H,21,22)/t18-/m1/s1. The SMILES string of the molecule is Cc1c(C(=O)OCC(=O)N[C@](C)(C#N)C(C)C)oc2c(Cl)cccc12. The van der Waals surface area contributed by atoms with E-state index in [1.165, 1.54) is 0 Å². The van der Waals surface area contributed by atoms with Crippen molar-refractivity contribution < 1.29 is 18.7 Å². The molecule has 2 aromatic rings. The number of para-hydroxylation sites is 1. The van der Waals surface area contributed by atoms with Crippen LogP contribution in [0.15, 0.2) is 22.6 Å². The van der Waals surface area contributed by atoms with Gasteiger partial charge in [-0.1, -0.05) is 37.6 Å². The van der Waals surface area contributed by atoms with Crippen LogP contribution >= 0.6 is 11.6 Å². The number of nitriles is 1. The Morgan fingerprint density at radius 3 is 2.68 bits per heavy atom. The first-order valence-electron chi connectivity index (χ1n) is 7.76. The Labute approximate surface area is 150 Å². The van der Waals surface area contributed by atoms with Gasteiger partial charge in [0.15, 0.2) is 12.2 Å². The number of hydrogen-bond acceptors (Lipinski definition) is 5. The Kier molecular flexibility index (Phi) is 5.39. The largest absolute Gasteiger partial charge is 0.450 e. The Bertz CT molecular complexity index is 866. The molecule has 25 heavy (non-hydrogen) atoms. The minimum atomic E-state index is -1.04. The predicted octanol–water partition coefficient (Wildman–Crippen LogP) is 3.61. The van der Waals surface area contributed by atoms with Gasteiger partial charge in [-0.2, -0.15) is 5.26 Å². The van der Waals surface area contributed by atoms with Crippen LogP contribution in [-0.4, -0.2) is 24.0 Å². The maximum Gasteiger partial charge on any atom is 0.375 e. The lowest BCUT2D eigenvalue weighted by Crippen LogP contribution is -2.50. The number of rotatable bonds is 5. The van der Waals surface area contributed by atoms with Gasteiger partial charge in [0.2, 0.25) is 5.76 Å². The maximum absolute atomic E-state index is 12.2. The number of aryl methyl sites for hydroxylation is 1. The van der Waals surface area contributed by atoms with Crippen molar-refractivity contribution >= 4 is 34.4 Å². The third-order valence-corrected chi connectivity index (χ3v) is 4.52. The number of esters is 1. The molecular weight excluding hydrogens is 344 g/mol. The Morgan fingerprint density at radius 1 is 1.44 bits per heavy atom. The molecule has 0 aliphatic heterocycles. The molecule has 7 heteroatoms. The number of carbonyl (C=O) groups is 2. The molecule has 0 saturated heterocycles. The second-order valence-electron chi connectivity index (χ2n) is 6.27. The highest BCUT2D eigenvalue weighted by Crippen LogP contribution is 2.30. The zero-order chi connectivity index (χ0) is 18.8. The van der Waals surface area contributed by atoms with Crippen molar-refractivity contribution in [2.45, 2.75) is 33.2 Å². The van der Waals surface area contributed by atoms with Crippen LogP contribution in [0.2, 0.25) is 5.02 Å². The lowest BCUT2D eigenvalue weighted by molar-refractivity contribution is -0.125. The van der Waals surface area contributed by atoms with Crippen LogP contribution in [0.25, 0.3) is 11.0 Å². The highest BCUT2D eigenvalue weighted by atomic mass is 35.5. The zero-order valence-electron chi connectivity index (χ0n) is 14.5. The number of amides is 1. The quantitative estimate of drug-likeness (QED) is 0.820. The molecule has 1 aromatic carbocycles. The van der Waals surface area contributed by atoms with Crippen molar-refractivity contribution in [2.75, 3.05) is 6.61 Å². The van der Waals surface area contributed by atoms with Crippen LogP contribution in [0.4, 0.5) is 0 Å². The summed E-state index contributed by atoms with van der Waals surface area (Å²) >= 11 is 6.05. The van der Waals surface area contributed by atoms with E-state index in [9.17, 15) is 14.9 Å². The summed E-state index contributed by atoms with van der Waals surface area (Å²) in [6.45, 7) is 6.45. The third kappa shape index (κ3) is 3.77. The van der Waals surface area contributed by atoms with Gasteiger partial charge in [0.05, 0.1) is 11.1 Å². The molecule has 132 valence electrons. The normalized spacial score (nSPS) is 13.3. The van der Waals surface area contributed by atoms with E-state index in [0.717, 1.165) is 0 Å². The Morgan fingerprint density at radius 2 is 2.12 bits per heavy atom. The van der Waals surface area contributed by atoms with E-state index in [1.54, 1.807) is 32.0 Å². The fraction of sp³-hybridized carbons (Fsp3) is 0.389. The molecule has 1 atom stereocenters. The van der Waals surface area contributed by atoms with Crippen molar-refractivity contribution in [2.24, 2.45) is 5.92 Å². The zero-order valence-corrected chi connectivity index (χ0v) is 15.2. The molecule has 6 nitrogen and oxygen atoms in total. The summed E-state index contributed by atoms with van der Waals surface area (Å²) in [5.74, 6) is -1.42. The topological polar surface area (TPSA) is 92.3 Å². The summed E-state index contributed by atoms with van der Waals surface area (Å²) < 4.78 is 10.5. The van der Waals surface area contributed by atoms with E-state index in [4.69, 9.17) is 20.8 Å². The van der Waals surface area contributed by atoms with Gasteiger partial charge in [-0.15, -0.1) is 0 Å². The molecule has 1 heterocycles. The van der Waals surface area contributed by atoms with E-state index in [2.05, 4.69) is 11.4 Å². The first-order chi connectivity index (χ1) is 11.7. The number of furan rings is 1. The molecular formula is C18H19ClN2O4. The number of carbonyl (C=O) groups excluding carboxylic acids is 2. The molecule has 2 rings (SSSR count). The van der Waals surface area contributed by atoms with E-state index < -0.39 is 24.0 Å². The molecule has 0 spiro atoms. The van der Waals surface area contributed by atoms with E-state index in [-0.39, 0.29) is 11.7 Å². The number of halogens is 1. The maximum atomic E-state index is 12.2. The van der Waals surface area contributed by atoms with Gasteiger partial charge >= 0.3 is 5.97 Å². The minimum Gasteiger partial charge on any atom is -0.450 e. The van der Waals surface area contributed by atoms with Crippen molar-refractivity contribution in [1.29, 1.82) is 5.26 Å². The van der Waals surface area contributed by atoms with Gasteiger partial charge in [0.1, 0.15) is 5.54 Å². The van der Waals surface area contributed by atoms with E-state index in [1.807, 2.05) is 13.8 Å². The fourth-order valence-electron chi connectivity index (χ4n) is 2.23. The van der Waals surface area contributed by atoms with Crippen LogP contribution in [-0.2, 0) is 9.53 Å². The summed E-state index contributed by atoms with van der Waals surface area (Å²) in [7, 11) is 0. The Balaban J connectivity index is 2.09. The van der Waals surface area contributed by atoms with Crippen molar-refractivity contribution in [1.82, 2.24) is 5.32 Å². The minimum absolute atomic E-state index is 0.00260. The molecule has 1 aromatic heterocycles. The molecule has 1 amide bonds. The highest BCUT2D eigenvalue weighted by molar-refractivity contribution is 6.35. The van der Waals surface area contributed by atoms with Crippen molar-refractivity contribution in [3.63, 3.8) is 0 Å². The first-order valence-corrected chi connectivity index (χ1v) is 8.14. The summed E-state index contributed by atoms with van der Waals surface area (Å²) in [4.78, 5) is 24.2.